The summed E-state index contributed by atoms with van der Waals surface area (Å²) < 4.78 is 15.7. The van der Waals surface area contributed by atoms with Crippen molar-refractivity contribution in [3.05, 3.63) is 47.8 Å². The molecule has 0 aliphatic heterocycles. The Balaban J connectivity index is 2.14. The molecule has 0 amide bonds. The standard InChI is InChI=1S/C15H21FN4/c1-4-17-10-12-7-13(16)9-14(8-12)20(3)11-15-18-5-6-19(15)2/h5-9,17H,4,10-11H2,1-3H3. The molecular weight excluding hydrogens is 255 g/mol. The highest BCUT2D eigenvalue weighted by atomic mass is 19.1. The summed E-state index contributed by atoms with van der Waals surface area (Å²) >= 11 is 0. The van der Waals surface area contributed by atoms with Gasteiger partial charge in [-0.15, -0.1) is 0 Å². The number of aryl methyl sites for hydroxylation is 1. The van der Waals surface area contributed by atoms with Gasteiger partial charge in [-0.25, -0.2) is 9.37 Å². The number of halogens is 1. The quantitative estimate of drug-likeness (QED) is 0.879. The summed E-state index contributed by atoms with van der Waals surface area (Å²) in [7, 11) is 3.90. The van der Waals surface area contributed by atoms with Crippen LogP contribution in [0.15, 0.2) is 30.6 Å². The summed E-state index contributed by atoms with van der Waals surface area (Å²) in [6.07, 6.45) is 3.68. The van der Waals surface area contributed by atoms with Gasteiger partial charge in [0.2, 0.25) is 0 Å². The third kappa shape index (κ3) is 3.57. The Labute approximate surface area is 119 Å². The van der Waals surface area contributed by atoms with Crippen LogP contribution in [0.25, 0.3) is 0 Å². The van der Waals surface area contributed by atoms with Gasteiger partial charge in [-0.1, -0.05) is 6.92 Å². The van der Waals surface area contributed by atoms with Gasteiger partial charge in [-0.2, -0.15) is 0 Å². The molecule has 2 aromatic rings. The third-order valence-electron chi connectivity index (χ3n) is 3.26. The Hall–Kier alpha value is -1.88. The number of hydrogen-bond acceptors (Lipinski definition) is 3. The predicted molar refractivity (Wildman–Crippen MR) is 79.1 cm³/mol. The van der Waals surface area contributed by atoms with Crippen molar-refractivity contribution in [2.45, 2.75) is 20.0 Å². The minimum Gasteiger partial charge on any atom is -0.367 e. The van der Waals surface area contributed by atoms with Crippen molar-refractivity contribution in [2.24, 2.45) is 7.05 Å². The van der Waals surface area contributed by atoms with Gasteiger partial charge < -0.3 is 14.8 Å². The zero-order valence-electron chi connectivity index (χ0n) is 12.2. The second kappa shape index (κ2) is 6.52. The van der Waals surface area contributed by atoms with Crippen LogP contribution in [0.1, 0.15) is 18.3 Å². The number of nitrogens with one attached hydrogen (secondary N) is 1. The first-order valence-electron chi connectivity index (χ1n) is 6.77. The van der Waals surface area contributed by atoms with Crippen LogP contribution in [0, 0.1) is 5.82 Å². The topological polar surface area (TPSA) is 33.1 Å². The molecule has 0 aliphatic carbocycles. The molecule has 0 spiro atoms. The average molecular weight is 276 g/mol. The van der Waals surface area contributed by atoms with E-state index in [9.17, 15) is 4.39 Å². The Kier molecular flexibility index (Phi) is 4.74. The molecule has 0 unspecified atom stereocenters. The highest BCUT2D eigenvalue weighted by Crippen LogP contribution is 2.19. The molecule has 0 atom stereocenters. The monoisotopic (exact) mass is 276 g/mol. The predicted octanol–water partition coefficient (Wildman–Crippen LogP) is 2.31. The highest BCUT2D eigenvalue weighted by Gasteiger charge is 2.08. The summed E-state index contributed by atoms with van der Waals surface area (Å²) in [5.74, 6) is 0.743. The van der Waals surface area contributed by atoms with Gasteiger partial charge in [0.15, 0.2) is 0 Å². The van der Waals surface area contributed by atoms with Crippen LogP contribution >= 0.6 is 0 Å². The van der Waals surface area contributed by atoms with E-state index in [4.69, 9.17) is 0 Å². The molecule has 1 N–H and O–H groups in total. The zero-order valence-corrected chi connectivity index (χ0v) is 12.2. The second-order valence-electron chi connectivity index (χ2n) is 4.91. The van der Waals surface area contributed by atoms with Crippen molar-refractivity contribution in [1.29, 1.82) is 0 Å². The van der Waals surface area contributed by atoms with Crippen molar-refractivity contribution in [2.75, 3.05) is 18.5 Å². The van der Waals surface area contributed by atoms with Gasteiger partial charge in [-0.3, -0.25) is 0 Å². The molecule has 108 valence electrons. The van der Waals surface area contributed by atoms with Crippen LogP contribution in [0.4, 0.5) is 10.1 Å². The van der Waals surface area contributed by atoms with Gasteiger partial charge in [0.1, 0.15) is 11.6 Å². The van der Waals surface area contributed by atoms with E-state index >= 15 is 0 Å². The van der Waals surface area contributed by atoms with Gasteiger partial charge >= 0.3 is 0 Å². The molecule has 0 saturated carbocycles. The highest BCUT2D eigenvalue weighted by molar-refractivity contribution is 5.48. The Morgan fingerprint density at radius 2 is 2.15 bits per heavy atom. The van der Waals surface area contributed by atoms with E-state index in [-0.39, 0.29) is 5.82 Å². The molecule has 20 heavy (non-hydrogen) atoms. The molecule has 1 heterocycles. The van der Waals surface area contributed by atoms with Crippen LogP contribution in [-0.4, -0.2) is 23.1 Å². The molecule has 0 aliphatic rings. The van der Waals surface area contributed by atoms with Gasteiger partial charge in [-0.05, 0) is 30.3 Å². The summed E-state index contributed by atoms with van der Waals surface area (Å²) in [6.45, 7) is 4.23. The fourth-order valence-electron chi connectivity index (χ4n) is 2.08. The minimum absolute atomic E-state index is 0.206. The van der Waals surface area contributed by atoms with E-state index in [1.807, 2.05) is 42.7 Å². The van der Waals surface area contributed by atoms with E-state index in [1.54, 1.807) is 18.3 Å². The lowest BCUT2D eigenvalue weighted by atomic mass is 10.1. The van der Waals surface area contributed by atoms with Crippen molar-refractivity contribution in [1.82, 2.24) is 14.9 Å². The second-order valence-corrected chi connectivity index (χ2v) is 4.91. The van der Waals surface area contributed by atoms with Gasteiger partial charge in [0.25, 0.3) is 0 Å². The van der Waals surface area contributed by atoms with E-state index in [1.165, 1.54) is 0 Å². The summed E-state index contributed by atoms with van der Waals surface area (Å²) in [4.78, 5) is 6.29. The van der Waals surface area contributed by atoms with Crippen LogP contribution in [-0.2, 0) is 20.1 Å². The first-order valence-corrected chi connectivity index (χ1v) is 6.77. The van der Waals surface area contributed by atoms with Gasteiger partial charge in [0, 0.05) is 38.7 Å². The average Bonchev–Trinajstić information content (AvgIpc) is 2.81. The van der Waals surface area contributed by atoms with Crippen molar-refractivity contribution < 1.29 is 4.39 Å². The molecule has 1 aromatic carbocycles. The fourth-order valence-corrected chi connectivity index (χ4v) is 2.08. The maximum atomic E-state index is 13.7. The number of benzene rings is 1. The van der Waals surface area contributed by atoms with E-state index < -0.39 is 0 Å². The molecule has 0 fully saturated rings. The summed E-state index contributed by atoms with van der Waals surface area (Å²) in [5, 5.41) is 3.21. The van der Waals surface area contributed by atoms with Crippen LogP contribution in [0.3, 0.4) is 0 Å². The largest absolute Gasteiger partial charge is 0.367 e. The Morgan fingerprint density at radius 3 is 2.80 bits per heavy atom. The number of imidazole rings is 1. The summed E-state index contributed by atoms with van der Waals surface area (Å²) in [5.41, 5.74) is 1.81. The number of rotatable bonds is 6. The molecule has 2 rings (SSSR count). The fraction of sp³-hybridized carbons (Fsp3) is 0.400. The lowest BCUT2D eigenvalue weighted by Gasteiger charge is -2.20. The third-order valence-corrected chi connectivity index (χ3v) is 3.26. The molecule has 0 saturated heterocycles. The van der Waals surface area contributed by atoms with E-state index in [0.29, 0.717) is 13.1 Å². The lowest BCUT2D eigenvalue weighted by Crippen LogP contribution is -2.20. The molecule has 0 radical (unpaired) electrons. The van der Waals surface area contributed by atoms with Crippen LogP contribution < -0.4 is 10.2 Å². The molecular formula is C15H21FN4. The maximum Gasteiger partial charge on any atom is 0.127 e. The van der Waals surface area contributed by atoms with Crippen LogP contribution in [0.5, 0.6) is 0 Å². The maximum absolute atomic E-state index is 13.7. The minimum atomic E-state index is -0.206. The van der Waals surface area contributed by atoms with E-state index in [2.05, 4.69) is 10.3 Å². The molecule has 5 heteroatoms. The normalized spacial score (nSPS) is 10.8. The first-order chi connectivity index (χ1) is 9.60. The smallest absolute Gasteiger partial charge is 0.127 e. The van der Waals surface area contributed by atoms with Gasteiger partial charge in [0.05, 0.1) is 6.54 Å². The van der Waals surface area contributed by atoms with Crippen molar-refractivity contribution in [3.63, 3.8) is 0 Å². The SMILES string of the molecule is CCNCc1cc(F)cc(N(C)Cc2nccn2C)c1. The lowest BCUT2D eigenvalue weighted by molar-refractivity contribution is 0.620. The number of aromatic nitrogens is 2. The first kappa shape index (κ1) is 14.5. The Morgan fingerprint density at radius 1 is 1.35 bits per heavy atom. The van der Waals surface area contributed by atoms with Crippen molar-refractivity contribution in [3.8, 4) is 0 Å². The van der Waals surface area contributed by atoms with Crippen molar-refractivity contribution >= 4 is 5.69 Å². The Bertz CT molecular complexity index is 565. The van der Waals surface area contributed by atoms with Crippen LogP contribution in [0.2, 0.25) is 0 Å². The molecule has 0 bridgehead atoms. The number of anilines is 1. The zero-order chi connectivity index (χ0) is 14.5. The number of hydrogen-bond donors (Lipinski definition) is 1. The van der Waals surface area contributed by atoms with E-state index in [0.717, 1.165) is 23.6 Å². The summed E-state index contributed by atoms with van der Waals surface area (Å²) in [6, 6.07) is 5.13. The number of nitrogens with zero attached hydrogens (tertiary/aromatic N) is 3. The molecule has 4 nitrogen and oxygen atoms in total. The molecule has 1 aromatic heterocycles.